The number of hydrogen-bond donors (Lipinski definition) is 1. The van der Waals surface area contributed by atoms with E-state index in [0.717, 1.165) is 24.2 Å². The van der Waals surface area contributed by atoms with E-state index < -0.39 is 0 Å². The molecule has 0 bridgehead atoms. The standard InChI is InChI=1S/C15H24FNO/c1-5-12(6-2)9-18-15-7-10(3)14(16)8-13(15)11(4)17/h7-8,11-12H,5-6,9,17H2,1-4H3/t11-/m1/s1. The Bertz CT molecular complexity index is 386. The molecule has 2 N–H and O–H groups in total. The van der Waals surface area contributed by atoms with E-state index in [4.69, 9.17) is 10.5 Å². The van der Waals surface area contributed by atoms with Crippen LogP contribution in [0.25, 0.3) is 0 Å². The molecule has 0 aliphatic rings. The molecule has 18 heavy (non-hydrogen) atoms. The number of aryl methyl sites for hydroxylation is 1. The van der Waals surface area contributed by atoms with E-state index in [1.54, 1.807) is 13.0 Å². The lowest BCUT2D eigenvalue weighted by atomic mass is 10.0. The van der Waals surface area contributed by atoms with E-state index in [1.165, 1.54) is 6.07 Å². The average Bonchev–Trinajstić information content (AvgIpc) is 2.34. The van der Waals surface area contributed by atoms with Crippen molar-refractivity contribution < 1.29 is 9.13 Å². The number of rotatable bonds is 6. The van der Waals surface area contributed by atoms with Gasteiger partial charge in [-0.25, -0.2) is 4.39 Å². The van der Waals surface area contributed by atoms with Gasteiger partial charge in [-0.15, -0.1) is 0 Å². The van der Waals surface area contributed by atoms with Crippen LogP contribution in [0.5, 0.6) is 5.75 Å². The first-order valence-corrected chi connectivity index (χ1v) is 6.67. The van der Waals surface area contributed by atoms with Crippen molar-refractivity contribution in [1.29, 1.82) is 0 Å². The molecule has 1 aromatic rings. The molecule has 1 aromatic carbocycles. The molecule has 102 valence electrons. The summed E-state index contributed by atoms with van der Waals surface area (Å²) < 4.78 is 19.4. The molecule has 0 aliphatic heterocycles. The van der Waals surface area contributed by atoms with Gasteiger partial charge in [0.2, 0.25) is 0 Å². The molecule has 1 atom stereocenters. The van der Waals surface area contributed by atoms with Crippen LogP contribution in [0, 0.1) is 18.7 Å². The van der Waals surface area contributed by atoms with Gasteiger partial charge in [0.1, 0.15) is 11.6 Å². The molecular weight excluding hydrogens is 229 g/mol. The zero-order chi connectivity index (χ0) is 13.7. The minimum atomic E-state index is -0.225. The van der Waals surface area contributed by atoms with Gasteiger partial charge in [-0.1, -0.05) is 26.7 Å². The smallest absolute Gasteiger partial charge is 0.126 e. The zero-order valence-electron chi connectivity index (χ0n) is 11.8. The summed E-state index contributed by atoms with van der Waals surface area (Å²) in [5.41, 5.74) is 7.19. The quantitative estimate of drug-likeness (QED) is 0.832. The van der Waals surface area contributed by atoms with Gasteiger partial charge in [-0.2, -0.15) is 0 Å². The first-order chi connectivity index (χ1) is 8.49. The predicted molar refractivity (Wildman–Crippen MR) is 73.3 cm³/mol. The van der Waals surface area contributed by atoms with Crippen LogP contribution in [-0.2, 0) is 0 Å². The molecule has 0 unspecified atom stereocenters. The lowest BCUT2D eigenvalue weighted by Crippen LogP contribution is -2.14. The monoisotopic (exact) mass is 253 g/mol. The first-order valence-electron chi connectivity index (χ1n) is 6.67. The van der Waals surface area contributed by atoms with Crippen molar-refractivity contribution >= 4 is 0 Å². The zero-order valence-corrected chi connectivity index (χ0v) is 11.8. The number of nitrogens with two attached hydrogens (primary N) is 1. The normalized spacial score (nSPS) is 12.8. The SMILES string of the molecule is CCC(CC)COc1cc(C)c(F)cc1[C@@H](C)N. The number of benzene rings is 1. The van der Waals surface area contributed by atoms with Gasteiger partial charge in [-0.05, 0) is 37.5 Å². The summed E-state index contributed by atoms with van der Waals surface area (Å²) in [7, 11) is 0. The third kappa shape index (κ3) is 3.70. The number of ether oxygens (including phenoxy) is 1. The van der Waals surface area contributed by atoms with Crippen LogP contribution in [0.15, 0.2) is 12.1 Å². The fourth-order valence-electron chi connectivity index (χ4n) is 1.88. The summed E-state index contributed by atoms with van der Waals surface area (Å²) >= 11 is 0. The highest BCUT2D eigenvalue weighted by Gasteiger charge is 2.13. The van der Waals surface area contributed by atoms with Gasteiger partial charge in [0.05, 0.1) is 6.61 Å². The number of hydrogen-bond acceptors (Lipinski definition) is 2. The van der Waals surface area contributed by atoms with Crippen LogP contribution >= 0.6 is 0 Å². The van der Waals surface area contributed by atoms with Crippen LogP contribution in [0.2, 0.25) is 0 Å². The molecule has 0 spiro atoms. The second kappa shape index (κ2) is 6.74. The van der Waals surface area contributed by atoms with E-state index in [-0.39, 0.29) is 11.9 Å². The molecule has 0 saturated heterocycles. The molecule has 1 rings (SSSR count). The Balaban J connectivity index is 2.89. The molecule has 0 fully saturated rings. The summed E-state index contributed by atoms with van der Waals surface area (Å²) in [5, 5.41) is 0. The maximum atomic E-state index is 13.5. The summed E-state index contributed by atoms with van der Waals surface area (Å²) in [5.74, 6) is 1.03. The van der Waals surface area contributed by atoms with Crippen LogP contribution < -0.4 is 10.5 Å². The van der Waals surface area contributed by atoms with Crippen molar-refractivity contribution in [1.82, 2.24) is 0 Å². The lowest BCUT2D eigenvalue weighted by molar-refractivity contribution is 0.237. The van der Waals surface area contributed by atoms with E-state index in [0.29, 0.717) is 18.1 Å². The second-order valence-corrected chi connectivity index (χ2v) is 4.92. The highest BCUT2D eigenvalue weighted by molar-refractivity contribution is 5.39. The van der Waals surface area contributed by atoms with E-state index in [1.807, 2.05) is 6.92 Å². The molecule has 0 saturated carbocycles. The van der Waals surface area contributed by atoms with Gasteiger partial charge >= 0.3 is 0 Å². The highest BCUT2D eigenvalue weighted by Crippen LogP contribution is 2.28. The largest absolute Gasteiger partial charge is 0.493 e. The van der Waals surface area contributed by atoms with Gasteiger partial charge in [-0.3, -0.25) is 0 Å². The fourth-order valence-corrected chi connectivity index (χ4v) is 1.88. The van der Waals surface area contributed by atoms with Crippen molar-refractivity contribution in [3.8, 4) is 5.75 Å². The van der Waals surface area contributed by atoms with Crippen LogP contribution in [-0.4, -0.2) is 6.61 Å². The van der Waals surface area contributed by atoms with Crippen molar-refractivity contribution in [3.63, 3.8) is 0 Å². The molecular formula is C15H24FNO. The first kappa shape index (κ1) is 15.0. The highest BCUT2D eigenvalue weighted by atomic mass is 19.1. The van der Waals surface area contributed by atoms with Crippen LogP contribution in [0.4, 0.5) is 4.39 Å². The van der Waals surface area contributed by atoms with Gasteiger partial charge in [0, 0.05) is 11.6 Å². The minimum Gasteiger partial charge on any atom is -0.493 e. The second-order valence-electron chi connectivity index (χ2n) is 4.92. The summed E-state index contributed by atoms with van der Waals surface area (Å²) in [6.45, 7) is 8.55. The molecule has 0 radical (unpaired) electrons. The topological polar surface area (TPSA) is 35.2 Å². The van der Waals surface area contributed by atoms with Gasteiger partial charge in [0.15, 0.2) is 0 Å². The Hall–Kier alpha value is -1.09. The molecule has 0 aromatic heterocycles. The maximum Gasteiger partial charge on any atom is 0.126 e. The van der Waals surface area contributed by atoms with Crippen LogP contribution in [0.3, 0.4) is 0 Å². The van der Waals surface area contributed by atoms with E-state index in [9.17, 15) is 4.39 Å². The van der Waals surface area contributed by atoms with E-state index >= 15 is 0 Å². The molecule has 3 heteroatoms. The Morgan fingerprint density at radius 2 is 1.89 bits per heavy atom. The van der Waals surface area contributed by atoms with Gasteiger partial charge < -0.3 is 10.5 Å². The minimum absolute atomic E-state index is 0.225. The Labute approximate surface area is 109 Å². The Morgan fingerprint density at radius 1 is 1.28 bits per heavy atom. The van der Waals surface area contributed by atoms with Crippen molar-refractivity contribution in [2.24, 2.45) is 11.7 Å². The molecule has 0 amide bonds. The predicted octanol–water partition coefficient (Wildman–Crippen LogP) is 3.97. The average molecular weight is 253 g/mol. The van der Waals surface area contributed by atoms with Crippen molar-refractivity contribution in [3.05, 3.63) is 29.1 Å². The third-order valence-electron chi connectivity index (χ3n) is 3.41. The molecule has 2 nitrogen and oxygen atoms in total. The van der Waals surface area contributed by atoms with Crippen molar-refractivity contribution in [2.45, 2.75) is 46.6 Å². The summed E-state index contributed by atoms with van der Waals surface area (Å²) in [6, 6.07) is 3.01. The summed E-state index contributed by atoms with van der Waals surface area (Å²) in [4.78, 5) is 0. The van der Waals surface area contributed by atoms with Gasteiger partial charge in [0.25, 0.3) is 0 Å². The third-order valence-corrected chi connectivity index (χ3v) is 3.41. The van der Waals surface area contributed by atoms with Crippen molar-refractivity contribution in [2.75, 3.05) is 6.61 Å². The Morgan fingerprint density at radius 3 is 2.39 bits per heavy atom. The molecule has 0 heterocycles. The lowest BCUT2D eigenvalue weighted by Gasteiger charge is -2.18. The van der Waals surface area contributed by atoms with Crippen LogP contribution in [0.1, 0.15) is 50.8 Å². The maximum absolute atomic E-state index is 13.5. The summed E-state index contributed by atoms with van der Waals surface area (Å²) in [6.07, 6.45) is 2.17. The fraction of sp³-hybridized carbons (Fsp3) is 0.600. The number of halogens is 1. The molecule has 0 aliphatic carbocycles. The Kier molecular flexibility index (Phi) is 5.60. The van der Waals surface area contributed by atoms with E-state index in [2.05, 4.69) is 13.8 Å².